The molecule has 0 amide bonds. The number of Topliss-reactive ketones (excluding diaryl/α,β-unsaturated/α-hetero) is 2. The van der Waals surface area contributed by atoms with E-state index in [9.17, 15) is 45.0 Å². The largest absolute Gasteiger partial charge is 0.458 e. The van der Waals surface area contributed by atoms with Gasteiger partial charge in [-0.3, -0.25) is 9.59 Å². The van der Waals surface area contributed by atoms with E-state index in [1.54, 1.807) is 32.9 Å². The molecule has 0 aliphatic carbocycles. The zero-order valence-corrected chi connectivity index (χ0v) is 36.2. The Morgan fingerprint density at radius 1 is 0.860 bits per heavy atom. The number of aliphatic hydroxyl groups is 6. The van der Waals surface area contributed by atoms with Crippen molar-refractivity contribution in [2.75, 3.05) is 0 Å². The Balaban J connectivity index is 2.02. The van der Waals surface area contributed by atoms with Crippen molar-refractivity contribution in [2.24, 2.45) is 53.3 Å². The van der Waals surface area contributed by atoms with Crippen LogP contribution in [0.4, 0.5) is 0 Å². The van der Waals surface area contributed by atoms with Gasteiger partial charge in [0.2, 0.25) is 0 Å². The van der Waals surface area contributed by atoms with Crippen LogP contribution in [-0.2, 0) is 28.6 Å². The molecule has 3 aliphatic heterocycles. The minimum absolute atomic E-state index is 0.164. The van der Waals surface area contributed by atoms with Crippen molar-refractivity contribution in [1.82, 2.24) is 0 Å². The van der Waals surface area contributed by atoms with E-state index >= 15 is 0 Å². The Morgan fingerprint density at radius 2 is 1.49 bits per heavy atom. The summed E-state index contributed by atoms with van der Waals surface area (Å²) < 4.78 is 19.8. The highest BCUT2D eigenvalue weighted by Crippen LogP contribution is 2.49. The first kappa shape index (κ1) is 49.1. The Labute approximate surface area is 340 Å². The maximum Gasteiger partial charge on any atom is 0.330 e. The molecular weight excluding hydrogens is 732 g/mol. The van der Waals surface area contributed by atoms with Crippen molar-refractivity contribution >= 4 is 17.5 Å². The molecule has 2 saturated heterocycles. The summed E-state index contributed by atoms with van der Waals surface area (Å²) in [6, 6.07) is 0. The molecule has 3 aliphatic rings. The maximum atomic E-state index is 13.5. The number of rotatable bonds is 3. The van der Waals surface area contributed by atoms with E-state index in [1.807, 2.05) is 32.9 Å². The Kier molecular flexibility index (Phi) is 17.9. The van der Waals surface area contributed by atoms with Gasteiger partial charge in [-0.15, -0.1) is 0 Å². The predicted molar refractivity (Wildman–Crippen MR) is 216 cm³/mol. The highest BCUT2D eigenvalue weighted by Gasteiger charge is 2.56. The zero-order chi connectivity index (χ0) is 43.2. The molecule has 6 N–H and O–H groups in total. The summed E-state index contributed by atoms with van der Waals surface area (Å²) in [4.78, 5) is 40.6. The van der Waals surface area contributed by atoms with E-state index in [0.717, 1.165) is 6.42 Å². The van der Waals surface area contributed by atoms with Gasteiger partial charge in [-0.1, -0.05) is 92.7 Å². The van der Waals surface area contributed by atoms with E-state index in [4.69, 9.17) is 14.2 Å². The number of esters is 1. The lowest BCUT2D eigenvalue weighted by Crippen LogP contribution is -2.62. The second-order valence-electron chi connectivity index (χ2n) is 18.1. The van der Waals surface area contributed by atoms with Crippen LogP contribution in [0.2, 0.25) is 0 Å². The average Bonchev–Trinajstić information content (AvgIpc) is 3.17. The molecule has 0 aromatic carbocycles. The van der Waals surface area contributed by atoms with Gasteiger partial charge in [0.1, 0.15) is 17.5 Å². The molecule has 2 fully saturated rings. The van der Waals surface area contributed by atoms with Crippen LogP contribution in [-0.4, -0.2) is 108 Å². The van der Waals surface area contributed by atoms with Crippen LogP contribution in [0.15, 0.2) is 36.5 Å². The lowest BCUT2D eigenvalue weighted by atomic mass is 9.74. The molecule has 0 saturated carbocycles. The normalized spacial score (nSPS) is 47.5. The van der Waals surface area contributed by atoms with Gasteiger partial charge in [-0.05, 0) is 51.4 Å². The van der Waals surface area contributed by atoms with Crippen LogP contribution < -0.4 is 0 Å². The first-order valence-electron chi connectivity index (χ1n) is 21.3. The highest BCUT2D eigenvalue weighted by atomic mass is 16.7. The minimum atomic E-state index is -2.22. The smallest absolute Gasteiger partial charge is 0.330 e. The van der Waals surface area contributed by atoms with Crippen LogP contribution in [0.1, 0.15) is 115 Å². The van der Waals surface area contributed by atoms with Gasteiger partial charge in [0, 0.05) is 60.3 Å². The monoisotopic (exact) mass is 807 g/mol. The standard InChI is InChI=1S/C45H74O12/c1-12-33-17-15-13-14-16-26(4)42(52)44(11,54)43(53)31(9)40(51)30(8)39(50)29(7)38(49)25(3)18-19-37(48)55-41-28(6)36(23-34(33)47)57-45(32(41)10)21-20-24(2)35(56-45)22-27(5)46/h13-15,17-19,24-36,38,40-42,46-47,49,51-52,54H,12,16,20-23H2,1-11H3/b14-13+,17-15+,19-18+/t24-,25-,26+,27+,28+,29-,30-,31-,32-,33-,34+,35-,36-,38+,40+,41+,42-,44-,45+/m1/s1. The number of hydrogen-bond donors (Lipinski definition) is 6. The molecule has 2 bridgehead atoms. The van der Waals surface area contributed by atoms with E-state index in [2.05, 4.69) is 6.92 Å². The zero-order valence-electron chi connectivity index (χ0n) is 36.2. The first-order chi connectivity index (χ1) is 26.5. The Morgan fingerprint density at radius 3 is 2.11 bits per heavy atom. The Hall–Kier alpha value is -2.29. The lowest BCUT2D eigenvalue weighted by Gasteiger charge is -2.55. The number of fused-ring (bicyclic) bond motifs is 2. The van der Waals surface area contributed by atoms with Gasteiger partial charge < -0.3 is 44.8 Å². The number of allylic oxidation sites excluding steroid dienone is 3. The Bertz CT molecular complexity index is 1420. The quantitative estimate of drug-likeness (QED) is 0.212. The molecule has 3 rings (SSSR count). The summed E-state index contributed by atoms with van der Waals surface area (Å²) in [5.41, 5.74) is -2.22. The second kappa shape index (κ2) is 20.8. The molecule has 12 nitrogen and oxygen atoms in total. The van der Waals surface area contributed by atoms with Gasteiger partial charge in [0.25, 0.3) is 0 Å². The SMILES string of the molecule is CC[C@@H]1/C=C/C=C/C[C@H](C)[C@@H](O)[C@@](C)(O)C(=O)[C@H](C)[C@@H](O)[C@H](C)C(=O)[C@H](C)[C@@H](O)[C@H](C)/C=C/C(=O)O[C@H]2[C@@H](C)[C@@H](C[C@@H]1O)O[C@@]1(CC[C@@H](C)[C@@H](C[C@H](C)O)O1)[C@@H]2C. The van der Waals surface area contributed by atoms with Gasteiger partial charge in [-0.2, -0.15) is 0 Å². The molecule has 0 aromatic rings. The number of ketones is 2. The fraction of sp³-hybridized carbons (Fsp3) is 0.800. The molecule has 0 radical (unpaired) electrons. The van der Waals surface area contributed by atoms with Gasteiger partial charge in [-0.25, -0.2) is 4.79 Å². The third kappa shape index (κ3) is 11.7. The predicted octanol–water partition coefficient (Wildman–Crippen LogP) is 4.85. The molecule has 326 valence electrons. The van der Waals surface area contributed by atoms with Crippen molar-refractivity contribution in [3.05, 3.63) is 36.5 Å². The number of carbonyl (C=O) groups is 3. The van der Waals surface area contributed by atoms with Crippen molar-refractivity contribution in [1.29, 1.82) is 0 Å². The summed E-state index contributed by atoms with van der Waals surface area (Å²) in [5, 5.41) is 66.7. The maximum absolute atomic E-state index is 13.5. The van der Waals surface area contributed by atoms with Crippen molar-refractivity contribution in [3.8, 4) is 0 Å². The van der Waals surface area contributed by atoms with Gasteiger partial charge in [0.15, 0.2) is 11.6 Å². The van der Waals surface area contributed by atoms with Crippen LogP contribution in [0.5, 0.6) is 0 Å². The molecule has 12 heteroatoms. The second-order valence-corrected chi connectivity index (χ2v) is 18.1. The summed E-state index contributed by atoms with van der Waals surface area (Å²) in [7, 11) is 0. The van der Waals surface area contributed by atoms with Crippen molar-refractivity contribution < 1.29 is 59.2 Å². The molecule has 0 aromatic heterocycles. The average molecular weight is 807 g/mol. The summed E-state index contributed by atoms with van der Waals surface area (Å²) in [6.45, 7) is 18.6. The third-order valence-corrected chi connectivity index (χ3v) is 13.5. The number of ether oxygens (including phenoxy) is 3. The van der Waals surface area contributed by atoms with Gasteiger partial charge in [0.05, 0.1) is 42.7 Å². The first-order valence-corrected chi connectivity index (χ1v) is 21.3. The van der Waals surface area contributed by atoms with E-state index in [-0.39, 0.29) is 30.3 Å². The number of aliphatic hydroxyl groups excluding tert-OH is 5. The van der Waals surface area contributed by atoms with E-state index in [1.165, 1.54) is 39.8 Å². The minimum Gasteiger partial charge on any atom is -0.458 e. The highest BCUT2D eigenvalue weighted by molar-refractivity contribution is 5.91. The number of carbonyl (C=O) groups excluding carboxylic acids is 3. The van der Waals surface area contributed by atoms with E-state index in [0.29, 0.717) is 25.7 Å². The molecule has 1 spiro atoms. The van der Waals surface area contributed by atoms with Crippen LogP contribution in [0.3, 0.4) is 0 Å². The van der Waals surface area contributed by atoms with Crippen LogP contribution in [0.25, 0.3) is 0 Å². The summed E-state index contributed by atoms with van der Waals surface area (Å²) >= 11 is 0. The van der Waals surface area contributed by atoms with Crippen molar-refractivity contribution in [3.63, 3.8) is 0 Å². The molecule has 19 atom stereocenters. The third-order valence-electron chi connectivity index (χ3n) is 13.5. The fourth-order valence-electron chi connectivity index (χ4n) is 9.07. The topological polar surface area (TPSA) is 200 Å². The lowest BCUT2D eigenvalue weighted by molar-refractivity contribution is -0.372. The van der Waals surface area contributed by atoms with Crippen LogP contribution in [0, 0.1) is 53.3 Å². The fourth-order valence-corrected chi connectivity index (χ4v) is 9.07. The molecule has 0 unspecified atom stereocenters. The molecule has 3 heterocycles. The molecule has 57 heavy (non-hydrogen) atoms. The molecular formula is C45H74O12. The summed E-state index contributed by atoms with van der Waals surface area (Å²) in [5.74, 6) is -8.49. The van der Waals surface area contributed by atoms with Crippen molar-refractivity contribution in [2.45, 2.75) is 175 Å². The van der Waals surface area contributed by atoms with Gasteiger partial charge >= 0.3 is 5.97 Å². The van der Waals surface area contributed by atoms with E-state index < -0.39 is 107 Å². The van der Waals surface area contributed by atoms with Crippen LogP contribution >= 0.6 is 0 Å². The summed E-state index contributed by atoms with van der Waals surface area (Å²) in [6.07, 6.45) is 5.74. The number of hydrogen-bond acceptors (Lipinski definition) is 12.